The smallest absolute Gasteiger partial charge is 0.387 e. The minimum absolute atomic E-state index is 0.0160. The molecule has 1 aliphatic rings. The van der Waals surface area contributed by atoms with E-state index in [2.05, 4.69) is 10.1 Å². The molecule has 0 bridgehead atoms. The molecule has 3 rings (SSSR count). The Labute approximate surface area is 172 Å². The van der Waals surface area contributed by atoms with Crippen molar-refractivity contribution in [1.82, 2.24) is 15.1 Å². The third kappa shape index (κ3) is 4.40. The number of benzene rings is 2. The van der Waals surface area contributed by atoms with Crippen LogP contribution in [0.25, 0.3) is 0 Å². The second-order valence-electron chi connectivity index (χ2n) is 7.08. The van der Waals surface area contributed by atoms with Crippen molar-refractivity contribution in [3.63, 3.8) is 0 Å². The summed E-state index contributed by atoms with van der Waals surface area (Å²) in [6, 6.07) is 14.0. The largest absolute Gasteiger partial charge is 0.435 e. The number of urea groups is 1. The average molecular weight is 417 g/mol. The second kappa shape index (κ2) is 8.48. The number of carbonyl (C=O) groups is 3. The first-order valence-electron chi connectivity index (χ1n) is 9.18. The quantitative estimate of drug-likeness (QED) is 0.703. The highest BCUT2D eigenvalue weighted by Gasteiger charge is 2.49. The van der Waals surface area contributed by atoms with Crippen molar-refractivity contribution in [3.05, 3.63) is 65.7 Å². The maximum atomic E-state index is 12.9. The van der Waals surface area contributed by atoms with Crippen LogP contribution in [0.4, 0.5) is 13.6 Å². The fourth-order valence-electron chi connectivity index (χ4n) is 3.20. The maximum Gasteiger partial charge on any atom is 0.387 e. The number of likely N-dealkylation sites (N-methyl/N-ethyl adjacent to an activating group) is 1. The van der Waals surface area contributed by atoms with Gasteiger partial charge in [-0.2, -0.15) is 8.78 Å². The van der Waals surface area contributed by atoms with Gasteiger partial charge in [-0.05, 0) is 30.2 Å². The minimum Gasteiger partial charge on any atom is -0.435 e. The molecule has 0 aromatic heterocycles. The normalized spacial score (nSPS) is 18.5. The molecule has 0 radical (unpaired) electrons. The Morgan fingerprint density at radius 2 is 1.77 bits per heavy atom. The van der Waals surface area contributed by atoms with Gasteiger partial charge in [-0.15, -0.1) is 0 Å². The van der Waals surface area contributed by atoms with Crippen LogP contribution in [0.15, 0.2) is 54.6 Å². The third-order valence-electron chi connectivity index (χ3n) is 4.91. The van der Waals surface area contributed by atoms with Gasteiger partial charge in [0.15, 0.2) is 0 Å². The highest BCUT2D eigenvalue weighted by molar-refractivity contribution is 6.09. The van der Waals surface area contributed by atoms with Crippen LogP contribution in [-0.2, 0) is 21.7 Å². The van der Waals surface area contributed by atoms with Crippen LogP contribution < -0.4 is 10.1 Å². The van der Waals surface area contributed by atoms with Crippen LogP contribution in [0, 0.1) is 0 Å². The van der Waals surface area contributed by atoms with Crippen LogP contribution in [0.2, 0.25) is 0 Å². The van der Waals surface area contributed by atoms with Crippen LogP contribution in [-0.4, -0.2) is 47.8 Å². The zero-order valence-electron chi connectivity index (χ0n) is 16.5. The third-order valence-corrected chi connectivity index (χ3v) is 4.91. The molecule has 1 unspecified atom stereocenters. The van der Waals surface area contributed by atoms with Gasteiger partial charge in [-0.3, -0.25) is 14.5 Å². The number of imide groups is 1. The van der Waals surface area contributed by atoms with Crippen molar-refractivity contribution in [2.45, 2.75) is 25.6 Å². The second-order valence-corrected chi connectivity index (χ2v) is 7.08. The van der Waals surface area contributed by atoms with Crippen LogP contribution in [0.3, 0.4) is 0 Å². The van der Waals surface area contributed by atoms with Crippen molar-refractivity contribution in [1.29, 1.82) is 0 Å². The molecule has 2 aromatic carbocycles. The van der Waals surface area contributed by atoms with E-state index in [-0.39, 0.29) is 12.3 Å². The first-order chi connectivity index (χ1) is 14.2. The lowest BCUT2D eigenvalue weighted by molar-refractivity contribution is -0.138. The molecule has 4 amide bonds. The molecule has 1 fully saturated rings. The average Bonchev–Trinajstić information content (AvgIpc) is 2.93. The van der Waals surface area contributed by atoms with E-state index >= 15 is 0 Å². The molecule has 0 saturated carbocycles. The van der Waals surface area contributed by atoms with E-state index in [1.165, 1.54) is 24.1 Å². The number of amides is 4. The van der Waals surface area contributed by atoms with Crippen molar-refractivity contribution < 1.29 is 27.9 Å². The summed E-state index contributed by atoms with van der Waals surface area (Å²) in [6.45, 7) is -1.55. The van der Waals surface area contributed by atoms with E-state index in [1.54, 1.807) is 49.4 Å². The molecule has 1 saturated heterocycles. The minimum atomic E-state index is -2.91. The number of carbonyl (C=O) groups excluding carboxylic acids is 3. The Hall–Kier alpha value is -3.49. The first kappa shape index (κ1) is 21.2. The Morgan fingerprint density at radius 1 is 1.13 bits per heavy atom. The van der Waals surface area contributed by atoms with Gasteiger partial charge in [0, 0.05) is 13.6 Å². The fraction of sp³-hybridized carbons (Fsp3) is 0.286. The molecule has 158 valence electrons. The van der Waals surface area contributed by atoms with Gasteiger partial charge in [0.2, 0.25) is 5.91 Å². The molecule has 30 heavy (non-hydrogen) atoms. The summed E-state index contributed by atoms with van der Waals surface area (Å²) in [5.41, 5.74) is 0.0640. The summed E-state index contributed by atoms with van der Waals surface area (Å²) in [4.78, 5) is 40.1. The number of nitrogens with one attached hydrogen (secondary N) is 1. The van der Waals surface area contributed by atoms with Crippen molar-refractivity contribution in [3.8, 4) is 5.75 Å². The van der Waals surface area contributed by atoms with E-state index in [0.29, 0.717) is 11.1 Å². The molecule has 1 aliphatic heterocycles. The first-order valence-corrected chi connectivity index (χ1v) is 9.18. The van der Waals surface area contributed by atoms with Gasteiger partial charge < -0.3 is 15.0 Å². The summed E-state index contributed by atoms with van der Waals surface area (Å²) >= 11 is 0. The zero-order chi connectivity index (χ0) is 21.9. The van der Waals surface area contributed by atoms with Gasteiger partial charge in [-0.1, -0.05) is 42.5 Å². The molecule has 0 spiro atoms. The van der Waals surface area contributed by atoms with E-state index in [9.17, 15) is 23.2 Å². The fourth-order valence-corrected chi connectivity index (χ4v) is 3.20. The summed E-state index contributed by atoms with van der Waals surface area (Å²) in [5, 5.41) is 2.65. The van der Waals surface area contributed by atoms with Gasteiger partial charge in [0.1, 0.15) is 17.8 Å². The van der Waals surface area contributed by atoms with E-state index in [0.717, 1.165) is 4.90 Å². The van der Waals surface area contributed by atoms with Gasteiger partial charge in [0.25, 0.3) is 5.91 Å². The van der Waals surface area contributed by atoms with E-state index in [1.807, 2.05) is 0 Å². The monoisotopic (exact) mass is 417 g/mol. The van der Waals surface area contributed by atoms with E-state index < -0.39 is 36.5 Å². The number of ether oxygens (including phenoxy) is 1. The topological polar surface area (TPSA) is 79.0 Å². The van der Waals surface area contributed by atoms with Crippen molar-refractivity contribution in [2.75, 3.05) is 13.6 Å². The number of nitrogens with zero attached hydrogens (tertiary/aromatic N) is 2. The standard InChI is InChI=1S/C21H21F2N3O4/c1-21(15-6-4-3-5-7-15)18(28)26(20(29)24-21)13-17(27)25(2)12-14-8-10-16(11-9-14)30-19(22)23/h3-11,19H,12-13H2,1-2H3,(H,24,29). The lowest BCUT2D eigenvalue weighted by atomic mass is 9.92. The molecular formula is C21H21F2N3O4. The Bertz CT molecular complexity index is 937. The summed E-state index contributed by atoms with van der Waals surface area (Å²) < 4.78 is 28.7. The molecule has 9 heteroatoms. The SMILES string of the molecule is CN(Cc1ccc(OC(F)F)cc1)C(=O)CN1C(=O)NC(C)(c2ccccc2)C1=O. The molecule has 1 atom stereocenters. The number of hydrogen-bond acceptors (Lipinski definition) is 4. The van der Waals surface area contributed by atoms with Crippen LogP contribution in [0.1, 0.15) is 18.1 Å². The van der Waals surface area contributed by atoms with Gasteiger partial charge in [-0.25, -0.2) is 4.79 Å². The zero-order valence-corrected chi connectivity index (χ0v) is 16.5. The Morgan fingerprint density at radius 3 is 2.37 bits per heavy atom. The van der Waals surface area contributed by atoms with Crippen LogP contribution in [0.5, 0.6) is 5.75 Å². The van der Waals surface area contributed by atoms with Gasteiger partial charge in [0.05, 0.1) is 0 Å². The van der Waals surface area contributed by atoms with E-state index in [4.69, 9.17) is 0 Å². The number of alkyl halides is 2. The van der Waals surface area contributed by atoms with Gasteiger partial charge >= 0.3 is 12.6 Å². The van der Waals surface area contributed by atoms with Crippen molar-refractivity contribution in [2.24, 2.45) is 0 Å². The van der Waals surface area contributed by atoms with Crippen molar-refractivity contribution >= 4 is 17.8 Å². The predicted octanol–water partition coefficient (Wildman–Crippen LogP) is 2.71. The number of rotatable bonds is 7. The molecule has 2 aromatic rings. The summed E-state index contributed by atoms with van der Waals surface area (Å²) in [6.07, 6.45) is 0. The lowest BCUT2D eigenvalue weighted by Crippen LogP contribution is -2.43. The predicted molar refractivity (Wildman–Crippen MR) is 104 cm³/mol. The molecular weight excluding hydrogens is 396 g/mol. The Kier molecular flexibility index (Phi) is 6.00. The molecule has 1 heterocycles. The highest BCUT2D eigenvalue weighted by atomic mass is 19.3. The summed E-state index contributed by atoms with van der Waals surface area (Å²) in [7, 11) is 1.53. The maximum absolute atomic E-state index is 12.9. The number of hydrogen-bond donors (Lipinski definition) is 1. The Balaban J connectivity index is 1.63. The summed E-state index contributed by atoms with van der Waals surface area (Å²) in [5.74, 6) is -0.931. The molecule has 0 aliphatic carbocycles. The molecule has 7 nitrogen and oxygen atoms in total. The number of halogens is 2. The lowest BCUT2D eigenvalue weighted by Gasteiger charge is -2.23. The van der Waals surface area contributed by atoms with Crippen LogP contribution >= 0.6 is 0 Å². The molecule has 1 N–H and O–H groups in total. The highest BCUT2D eigenvalue weighted by Crippen LogP contribution is 2.28.